The Labute approximate surface area is 93.0 Å². The molecule has 0 amide bonds. The van der Waals surface area contributed by atoms with Gasteiger partial charge in [0.1, 0.15) is 11.3 Å². The van der Waals surface area contributed by atoms with Crippen molar-refractivity contribution in [3.05, 3.63) is 35.0 Å². The maximum Gasteiger partial charge on any atom is 0.134 e. The van der Waals surface area contributed by atoms with E-state index in [0.29, 0.717) is 5.92 Å². The lowest BCUT2D eigenvalue weighted by Gasteiger charge is -2.04. The van der Waals surface area contributed by atoms with Crippen molar-refractivity contribution in [1.82, 2.24) is 0 Å². The molecule has 1 unspecified atom stereocenters. The molecule has 0 aliphatic heterocycles. The Balaban J connectivity index is 2.05. The summed E-state index contributed by atoms with van der Waals surface area (Å²) in [4.78, 5) is 0. The Hall–Kier alpha value is -0.990. The van der Waals surface area contributed by atoms with E-state index < -0.39 is 0 Å². The summed E-state index contributed by atoms with van der Waals surface area (Å²) < 4.78 is 5.70. The number of benzene rings is 1. The summed E-state index contributed by atoms with van der Waals surface area (Å²) in [5, 5.41) is 1.77. The summed E-state index contributed by atoms with van der Waals surface area (Å²) in [5.41, 5.74) is 6.94. The van der Waals surface area contributed by atoms with Gasteiger partial charge in [0.25, 0.3) is 0 Å². The first-order chi connectivity index (χ1) is 7.24. The van der Waals surface area contributed by atoms with Crippen molar-refractivity contribution in [2.75, 3.05) is 0 Å². The highest BCUT2D eigenvalue weighted by atomic mass is 35.5. The quantitative estimate of drug-likeness (QED) is 0.843. The molecular weight excluding hydrogens is 210 g/mol. The second-order valence-electron chi connectivity index (χ2n) is 4.19. The highest BCUT2D eigenvalue weighted by molar-refractivity contribution is 6.31. The van der Waals surface area contributed by atoms with Crippen LogP contribution in [0.15, 0.2) is 28.7 Å². The van der Waals surface area contributed by atoms with Crippen molar-refractivity contribution in [3.8, 4) is 0 Å². The molecule has 2 aromatic rings. The van der Waals surface area contributed by atoms with Gasteiger partial charge in [0.15, 0.2) is 0 Å². The number of hydrogen-bond acceptors (Lipinski definition) is 2. The van der Waals surface area contributed by atoms with Crippen LogP contribution in [0.1, 0.15) is 24.6 Å². The molecule has 1 aliphatic carbocycles. The fraction of sp³-hybridized carbons (Fsp3) is 0.333. The molecule has 1 aromatic carbocycles. The number of rotatable bonds is 2. The number of nitrogens with two attached hydrogens (primary N) is 1. The van der Waals surface area contributed by atoms with Crippen LogP contribution in [0.3, 0.4) is 0 Å². The molecule has 0 saturated heterocycles. The van der Waals surface area contributed by atoms with Crippen LogP contribution >= 0.6 is 11.6 Å². The molecular formula is C12H12ClNO. The Kier molecular flexibility index (Phi) is 2.01. The SMILES string of the molecule is NC(c1cc2cc(Cl)ccc2o1)C1CC1. The lowest BCUT2D eigenvalue weighted by molar-refractivity contribution is 0.467. The van der Waals surface area contributed by atoms with Gasteiger partial charge in [0, 0.05) is 10.4 Å². The van der Waals surface area contributed by atoms with Crippen LogP contribution in [0.4, 0.5) is 0 Å². The molecule has 1 aliphatic rings. The van der Waals surface area contributed by atoms with Crippen LogP contribution in [0.2, 0.25) is 5.02 Å². The number of furan rings is 1. The number of fused-ring (bicyclic) bond motifs is 1. The topological polar surface area (TPSA) is 39.2 Å². The van der Waals surface area contributed by atoms with E-state index >= 15 is 0 Å². The third-order valence-corrected chi connectivity index (χ3v) is 3.19. The minimum absolute atomic E-state index is 0.0520. The second-order valence-corrected chi connectivity index (χ2v) is 4.63. The Morgan fingerprint density at radius 3 is 2.87 bits per heavy atom. The lowest BCUT2D eigenvalue weighted by atomic mass is 10.1. The third kappa shape index (κ3) is 1.64. The smallest absolute Gasteiger partial charge is 0.134 e. The molecule has 2 N–H and O–H groups in total. The monoisotopic (exact) mass is 221 g/mol. The molecule has 0 radical (unpaired) electrons. The molecule has 0 bridgehead atoms. The minimum atomic E-state index is 0.0520. The fourth-order valence-electron chi connectivity index (χ4n) is 1.89. The first kappa shape index (κ1) is 9.25. The summed E-state index contributed by atoms with van der Waals surface area (Å²) >= 11 is 5.91. The van der Waals surface area contributed by atoms with E-state index in [1.165, 1.54) is 12.8 Å². The van der Waals surface area contributed by atoms with E-state index in [2.05, 4.69) is 0 Å². The van der Waals surface area contributed by atoms with Gasteiger partial charge in [-0.1, -0.05) is 11.6 Å². The molecule has 3 rings (SSSR count). The van der Waals surface area contributed by atoms with Crippen LogP contribution < -0.4 is 5.73 Å². The lowest BCUT2D eigenvalue weighted by Crippen LogP contribution is -2.10. The van der Waals surface area contributed by atoms with E-state index in [4.69, 9.17) is 21.8 Å². The van der Waals surface area contributed by atoms with Crippen molar-refractivity contribution in [2.45, 2.75) is 18.9 Å². The molecule has 1 atom stereocenters. The summed E-state index contributed by atoms with van der Waals surface area (Å²) in [6.45, 7) is 0. The van der Waals surface area contributed by atoms with Crippen LogP contribution in [-0.2, 0) is 0 Å². The molecule has 1 fully saturated rings. The minimum Gasteiger partial charge on any atom is -0.459 e. The Bertz CT molecular complexity index is 501. The maximum absolute atomic E-state index is 6.08. The van der Waals surface area contributed by atoms with E-state index in [-0.39, 0.29) is 6.04 Å². The van der Waals surface area contributed by atoms with E-state index in [1.807, 2.05) is 24.3 Å². The van der Waals surface area contributed by atoms with Crippen LogP contribution in [-0.4, -0.2) is 0 Å². The van der Waals surface area contributed by atoms with Crippen molar-refractivity contribution in [2.24, 2.45) is 11.7 Å². The van der Waals surface area contributed by atoms with Gasteiger partial charge in [0.05, 0.1) is 6.04 Å². The zero-order valence-corrected chi connectivity index (χ0v) is 9.00. The van der Waals surface area contributed by atoms with Gasteiger partial charge >= 0.3 is 0 Å². The predicted molar refractivity (Wildman–Crippen MR) is 60.9 cm³/mol. The largest absolute Gasteiger partial charge is 0.459 e. The van der Waals surface area contributed by atoms with E-state index in [1.54, 1.807) is 0 Å². The predicted octanol–water partition coefficient (Wildman–Crippen LogP) is 3.50. The maximum atomic E-state index is 6.08. The van der Waals surface area contributed by atoms with Gasteiger partial charge in [-0.05, 0) is 43.0 Å². The average molecular weight is 222 g/mol. The van der Waals surface area contributed by atoms with Gasteiger partial charge < -0.3 is 10.2 Å². The number of hydrogen-bond donors (Lipinski definition) is 1. The van der Waals surface area contributed by atoms with Gasteiger partial charge in [-0.25, -0.2) is 0 Å². The molecule has 0 spiro atoms. The standard InChI is InChI=1S/C12H12ClNO/c13-9-3-4-10-8(5-9)6-11(15-10)12(14)7-1-2-7/h3-7,12H,1-2,14H2. The molecule has 2 nitrogen and oxygen atoms in total. The highest BCUT2D eigenvalue weighted by Crippen LogP contribution is 2.40. The fourth-order valence-corrected chi connectivity index (χ4v) is 2.07. The zero-order valence-electron chi connectivity index (χ0n) is 8.24. The van der Waals surface area contributed by atoms with Crippen LogP contribution in [0.25, 0.3) is 11.0 Å². The zero-order chi connectivity index (χ0) is 10.4. The van der Waals surface area contributed by atoms with Crippen molar-refractivity contribution in [1.29, 1.82) is 0 Å². The van der Waals surface area contributed by atoms with Gasteiger partial charge in [-0.3, -0.25) is 0 Å². The Morgan fingerprint density at radius 2 is 2.13 bits per heavy atom. The van der Waals surface area contributed by atoms with Gasteiger partial charge in [-0.15, -0.1) is 0 Å². The highest BCUT2D eigenvalue weighted by Gasteiger charge is 2.31. The third-order valence-electron chi connectivity index (χ3n) is 2.96. The van der Waals surface area contributed by atoms with Gasteiger partial charge in [-0.2, -0.15) is 0 Å². The molecule has 15 heavy (non-hydrogen) atoms. The van der Waals surface area contributed by atoms with Crippen molar-refractivity contribution in [3.63, 3.8) is 0 Å². The van der Waals surface area contributed by atoms with Crippen molar-refractivity contribution >= 4 is 22.6 Å². The molecule has 3 heteroatoms. The van der Waals surface area contributed by atoms with Crippen molar-refractivity contribution < 1.29 is 4.42 Å². The first-order valence-electron chi connectivity index (χ1n) is 5.18. The molecule has 1 heterocycles. The normalized spacial score (nSPS) is 18.3. The molecule has 78 valence electrons. The second kappa shape index (κ2) is 3.26. The average Bonchev–Trinajstić information content (AvgIpc) is 2.97. The first-order valence-corrected chi connectivity index (χ1v) is 5.56. The van der Waals surface area contributed by atoms with E-state index in [9.17, 15) is 0 Å². The summed E-state index contributed by atoms with van der Waals surface area (Å²) in [6, 6.07) is 7.69. The van der Waals surface area contributed by atoms with Gasteiger partial charge in [0.2, 0.25) is 0 Å². The molecule has 1 saturated carbocycles. The summed E-state index contributed by atoms with van der Waals surface area (Å²) in [5.74, 6) is 1.50. The van der Waals surface area contributed by atoms with Crippen LogP contribution in [0, 0.1) is 5.92 Å². The summed E-state index contributed by atoms with van der Waals surface area (Å²) in [6.07, 6.45) is 2.44. The van der Waals surface area contributed by atoms with E-state index in [0.717, 1.165) is 21.8 Å². The Morgan fingerprint density at radius 1 is 1.33 bits per heavy atom. The molecule has 1 aromatic heterocycles. The number of halogens is 1. The van der Waals surface area contributed by atoms with Crippen LogP contribution in [0.5, 0.6) is 0 Å². The summed E-state index contributed by atoms with van der Waals surface area (Å²) in [7, 11) is 0.